The summed E-state index contributed by atoms with van der Waals surface area (Å²) in [5.74, 6) is 2.18. The summed E-state index contributed by atoms with van der Waals surface area (Å²) in [4.78, 5) is 26.9. The van der Waals surface area contributed by atoms with Crippen molar-refractivity contribution >= 4 is 35.7 Å². The predicted octanol–water partition coefficient (Wildman–Crippen LogP) is 1.66. The van der Waals surface area contributed by atoms with E-state index in [1.54, 1.807) is 12.2 Å². The number of isocyanates is 2. The van der Waals surface area contributed by atoms with Gasteiger partial charge in [0.05, 0.1) is 13.1 Å². The van der Waals surface area contributed by atoms with Gasteiger partial charge >= 0.3 is 0 Å². The van der Waals surface area contributed by atoms with E-state index in [9.17, 15) is 9.59 Å². The molecule has 0 aliphatic carbocycles. The Balaban J connectivity index is 2.12. The van der Waals surface area contributed by atoms with Gasteiger partial charge in [-0.2, -0.15) is 23.5 Å². The van der Waals surface area contributed by atoms with Gasteiger partial charge in [0.15, 0.2) is 0 Å². The summed E-state index contributed by atoms with van der Waals surface area (Å²) in [7, 11) is 0. The monoisotopic (exact) mass is 258 g/mol. The summed E-state index contributed by atoms with van der Waals surface area (Å²) in [6.45, 7) is 1.17. The molecule has 0 aromatic heterocycles. The Morgan fingerprint density at radius 1 is 0.938 bits per heavy atom. The molecule has 0 radical (unpaired) electrons. The molecule has 1 fully saturated rings. The molecule has 1 saturated heterocycles. The fourth-order valence-corrected chi connectivity index (χ4v) is 4.52. The largest absolute Gasteiger partial charge is 0.234 e. The summed E-state index contributed by atoms with van der Waals surface area (Å²) in [6.07, 6.45) is 5.02. The van der Waals surface area contributed by atoms with Crippen molar-refractivity contribution in [2.75, 3.05) is 24.6 Å². The lowest BCUT2D eigenvalue weighted by atomic mass is 10.3. The van der Waals surface area contributed by atoms with Crippen molar-refractivity contribution < 1.29 is 9.59 Å². The van der Waals surface area contributed by atoms with E-state index in [-0.39, 0.29) is 0 Å². The van der Waals surface area contributed by atoms with Gasteiger partial charge in [-0.05, 0) is 12.8 Å². The van der Waals surface area contributed by atoms with E-state index >= 15 is 0 Å². The van der Waals surface area contributed by atoms with Gasteiger partial charge in [-0.3, -0.25) is 0 Å². The minimum absolute atomic E-state index is 0.585. The zero-order valence-corrected chi connectivity index (χ0v) is 10.6. The lowest BCUT2D eigenvalue weighted by Crippen LogP contribution is -2.22. The molecule has 1 heterocycles. The van der Waals surface area contributed by atoms with Crippen molar-refractivity contribution in [3.63, 3.8) is 0 Å². The number of hydrogen-bond acceptors (Lipinski definition) is 6. The standard InChI is InChI=1S/C10H14N2O2S2/c13-7-11-3-1-9-5-16-10(6-15-9)2-4-12-8-14/h9-10H,1-6H2. The molecule has 0 saturated carbocycles. The number of thioether (sulfide) groups is 2. The Morgan fingerprint density at radius 3 is 1.69 bits per heavy atom. The van der Waals surface area contributed by atoms with Crippen LogP contribution < -0.4 is 0 Å². The highest BCUT2D eigenvalue weighted by Crippen LogP contribution is 2.33. The van der Waals surface area contributed by atoms with Gasteiger partial charge in [-0.1, -0.05) is 0 Å². The number of aliphatic imine (C=N–C) groups is 2. The van der Waals surface area contributed by atoms with Crippen molar-refractivity contribution in [2.45, 2.75) is 23.3 Å². The molecule has 0 N–H and O–H groups in total. The summed E-state index contributed by atoms with van der Waals surface area (Å²) < 4.78 is 0. The highest BCUT2D eigenvalue weighted by atomic mass is 32.2. The van der Waals surface area contributed by atoms with Gasteiger partial charge in [0.2, 0.25) is 12.2 Å². The molecule has 1 aliphatic rings. The highest BCUT2D eigenvalue weighted by Gasteiger charge is 2.21. The smallest absolute Gasteiger partial charge is 0.211 e. The van der Waals surface area contributed by atoms with Crippen LogP contribution in [-0.2, 0) is 9.59 Å². The quantitative estimate of drug-likeness (QED) is 0.537. The van der Waals surface area contributed by atoms with Crippen molar-refractivity contribution in [1.82, 2.24) is 0 Å². The second-order valence-electron chi connectivity index (χ2n) is 3.43. The Bertz CT molecular complexity index is 261. The number of carbonyl (C=O) groups excluding carboxylic acids is 2. The molecule has 1 rings (SSSR count). The second-order valence-corrected chi connectivity index (χ2v) is 6.10. The van der Waals surface area contributed by atoms with Crippen LogP contribution in [-0.4, -0.2) is 47.3 Å². The molecular weight excluding hydrogens is 244 g/mol. The van der Waals surface area contributed by atoms with E-state index in [4.69, 9.17) is 0 Å². The summed E-state index contributed by atoms with van der Waals surface area (Å²) in [5.41, 5.74) is 0. The van der Waals surface area contributed by atoms with E-state index in [0.29, 0.717) is 23.6 Å². The Morgan fingerprint density at radius 2 is 1.38 bits per heavy atom. The number of nitrogens with zero attached hydrogens (tertiary/aromatic N) is 2. The topological polar surface area (TPSA) is 58.9 Å². The van der Waals surface area contributed by atoms with Gasteiger partial charge in [0.25, 0.3) is 0 Å². The van der Waals surface area contributed by atoms with Crippen molar-refractivity contribution in [1.29, 1.82) is 0 Å². The predicted molar refractivity (Wildman–Crippen MR) is 67.7 cm³/mol. The van der Waals surface area contributed by atoms with Gasteiger partial charge in [-0.25, -0.2) is 19.6 Å². The van der Waals surface area contributed by atoms with E-state index in [1.807, 2.05) is 23.5 Å². The van der Waals surface area contributed by atoms with Gasteiger partial charge < -0.3 is 0 Å². The molecule has 0 aromatic rings. The average molecular weight is 258 g/mol. The van der Waals surface area contributed by atoms with Crippen molar-refractivity contribution in [2.24, 2.45) is 9.98 Å². The molecule has 16 heavy (non-hydrogen) atoms. The molecule has 0 bridgehead atoms. The van der Waals surface area contributed by atoms with E-state index in [2.05, 4.69) is 9.98 Å². The van der Waals surface area contributed by atoms with E-state index < -0.39 is 0 Å². The summed E-state index contributed by atoms with van der Waals surface area (Å²) in [5, 5.41) is 1.18. The molecule has 0 amide bonds. The van der Waals surface area contributed by atoms with Crippen LogP contribution in [0.15, 0.2) is 9.98 Å². The van der Waals surface area contributed by atoms with Gasteiger partial charge in [0.1, 0.15) is 0 Å². The first-order valence-corrected chi connectivity index (χ1v) is 7.27. The highest BCUT2D eigenvalue weighted by molar-refractivity contribution is 8.07. The number of hydrogen-bond donors (Lipinski definition) is 0. The van der Waals surface area contributed by atoms with Gasteiger partial charge in [-0.15, -0.1) is 0 Å². The Kier molecular flexibility index (Phi) is 7.26. The molecule has 2 atom stereocenters. The molecule has 0 spiro atoms. The lowest BCUT2D eigenvalue weighted by Gasteiger charge is -2.26. The third-order valence-electron chi connectivity index (χ3n) is 2.29. The summed E-state index contributed by atoms with van der Waals surface area (Å²) >= 11 is 3.86. The fraction of sp³-hybridized carbons (Fsp3) is 0.800. The summed E-state index contributed by atoms with van der Waals surface area (Å²) in [6, 6.07) is 0. The molecule has 0 aromatic carbocycles. The van der Waals surface area contributed by atoms with Crippen LogP contribution >= 0.6 is 23.5 Å². The van der Waals surface area contributed by atoms with Crippen LogP contribution in [0.5, 0.6) is 0 Å². The zero-order valence-electron chi connectivity index (χ0n) is 8.92. The minimum Gasteiger partial charge on any atom is -0.211 e. The maximum Gasteiger partial charge on any atom is 0.234 e. The molecular formula is C10H14N2O2S2. The third kappa shape index (κ3) is 5.52. The second kappa shape index (κ2) is 8.59. The maximum absolute atomic E-state index is 9.90. The number of rotatable bonds is 6. The minimum atomic E-state index is 0.585. The molecule has 2 unspecified atom stereocenters. The molecule has 1 aliphatic heterocycles. The zero-order chi connectivity index (χ0) is 11.6. The maximum atomic E-state index is 9.90. The van der Waals surface area contributed by atoms with Crippen LogP contribution in [0, 0.1) is 0 Å². The molecule has 88 valence electrons. The Labute approximate surface area is 103 Å². The lowest BCUT2D eigenvalue weighted by molar-refractivity contribution is 0.561. The Hall–Kier alpha value is -0.540. The molecule has 4 nitrogen and oxygen atoms in total. The van der Waals surface area contributed by atoms with Gasteiger partial charge in [0, 0.05) is 22.0 Å². The first-order chi connectivity index (χ1) is 7.86. The average Bonchev–Trinajstić information content (AvgIpc) is 2.32. The first-order valence-electron chi connectivity index (χ1n) is 5.17. The third-order valence-corrected chi connectivity index (χ3v) is 5.65. The molecule has 6 heteroatoms. The van der Waals surface area contributed by atoms with Crippen LogP contribution in [0.1, 0.15) is 12.8 Å². The van der Waals surface area contributed by atoms with E-state index in [1.165, 1.54) is 0 Å². The van der Waals surface area contributed by atoms with Crippen molar-refractivity contribution in [3.05, 3.63) is 0 Å². The fourth-order valence-electron chi connectivity index (χ4n) is 1.42. The van der Waals surface area contributed by atoms with Crippen molar-refractivity contribution in [3.8, 4) is 0 Å². The van der Waals surface area contributed by atoms with E-state index in [0.717, 1.165) is 24.3 Å². The first kappa shape index (κ1) is 13.5. The normalized spacial score (nSPS) is 24.2. The van der Waals surface area contributed by atoms with Crippen LogP contribution in [0.2, 0.25) is 0 Å². The van der Waals surface area contributed by atoms with Crippen LogP contribution in [0.3, 0.4) is 0 Å². The van der Waals surface area contributed by atoms with Crippen LogP contribution in [0.25, 0.3) is 0 Å². The van der Waals surface area contributed by atoms with Crippen LogP contribution in [0.4, 0.5) is 0 Å². The SMILES string of the molecule is O=C=NCCC1CSC(CCN=C=O)CS1.